The summed E-state index contributed by atoms with van der Waals surface area (Å²) in [5.41, 5.74) is 3.31. The maximum absolute atomic E-state index is 2.33. The lowest BCUT2D eigenvalue weighted by Gasteiger charge is -2.11. The van der Waals surface area contributed by atoms with Crippen molar-refractivity contribution in [3.63, 3.8) is 0 Å². The van der Waals surface area contributed by atoms with E-state index in [1.54, 1.807) is 0 Å². The third-order valence-electron chi connectivity index (χ3n) is 3.57. The highest BCUT2D eigenvalue weighted by Crippen LogP contribution is 2.21. The second-order valence-electron chi connectivity index (χ2n) is 4.98. The smallest absolute Gasteiger partial charge is 0.0887 e. The Morgan fingerprint density at radius 2 is 1.79 bits per heavy atom. The minimum Gasteiger partial charge on any atom is -0.351 e. The van der Waals surface area contributed by atoms with E-state index in [0.29, 0.717) is 5.54 Å². The number of aryl methyl sites for hydroxylation is 1. The molecule has 0 fully saturated rings. The Kier molecular flexibility index (Phi) is 3.26. The van der Waals surface area contributed by atoms with Crippen LogP contribution in [0.4, 0.5) is 0 Å². The van der Waals surface area contributed by atoms with Gasteiger partial charge < -0.3 is 4.57 Å². The Balaban J connectivity index is 1.87. The molecule has 2 aromatic carbocycles. The standard InChI is InChI=1S/C17H17NSi/c1-13(19-16-6-4-3-5-7-16)14-8-9-17-15(12-14)10-11-18(17)2/h3-13H,1-2H3/t13-/m0/s1. The van der Waals surface area contributed by atoms with Gasteiger partial charge in [-0.3, -0.25) is 0 Å². The molecule has 94 valence electrons. The zero-order chi connectivity index (χ0) is 13.2. The highest BCUT2D eigenvalue weighted by Gasteiger charge is 2.09. The molecule has 1 heterocycles. The van der Waals surface area contributed by atoms with Crippen LogP contribution in [-0.4, -0.2) is 14.1 Å². The molecular formula is C17H17NSi. The summed E-state index contributed by atoms with van der Waals surface area (Å²) in [6.45, 7) is 2.32. The molecule has 0 aliphatic carbocycles. The van der Waals surface area contributed by atoms with Crippen molar-refractivity contribution in [3.8, 4) is 0 Å². The van der Waals surface area contributed by atoms with Crippen LogP contribution in [0.25, 0.3) is 10.9 Å². The van der Waals surface area contributed by atoms with E-state index in [-0.39, 0.29) is 0 Å². The van der Waals surface area contributed by atoms with Gasteiger partial charge in [0.15, 0.2) is 0 Å². The number of hydrogen-bond donors (Lipinski definition) is 0. The number of rotatable bonds is 3. The summed E-state index contributed by atoms with van der Waals surface area (Å²) in [4.78, 5) is 0. The Morgan fingerprint density at radius 3 is 2.58 bits per heavy atom. The number of nitrogens with zero attached hydrogens (tertiary/aromatic N) is 1. The molecule has 0 saturated heterocycles. The average Bonchev–Trinajstić information content (AvgIpc) is 2.81. The van der Waals surface area contributed by atoms with Crippen molar-refractivity contribution in [2.75, 3.05) is 0 Å². The predicted molar refractivity (Wildman–Crippen MR) is 83.2 cm³/mol. The summed E-state index contributed by atoms with van der Waals surface area (Å²) >= 11 is 0. The van der Waals surface area contributed by atoms with Crippen LogP contribution < -0.4 is 5.19 Å². The van der Waals surface area contributed by atoms with E-state index in [0.717, 1.165) is 9.52 Å². The lowest BCUT2D eigenvalue weighted by Crippen LogP contribution is -2.19. The third kappa shape index (κ3) is 2.49. The molecule has 0 saturated carbocycles. The summed E-state index contributed by atoms with van der Waals surface area (Å²) in [6, 6.07) is 19.8. The molecule has 0 aliphatic rings. The lowest BCUT2D eigenvalue weighted by molar-refractivity contribution is 0.968. The van der Waals surface area contributed by atoms with Gasteiger partial charge in [0.2, 0.25) is 0 Å². The summed E-state index contributed by atoms with van der Waals surface area (Å²) in [7, 11) is 2.92. The van der Waals surface area contributed by atoms with Gasteiger partial charge in [0.05, 0.1) is 9.52 Å². The molecule has 3 aromatic rings. The van der Waals surface area contributed by atoms with E-state index in [1.165, 1.54) is 21.7 Å². The first-order valence-electron chi connectivity index (χ1n) is 6.60. The summed E-state index contributed by atoms with van der Waals surface area (Å²) in [6.07, 6.45) is 2.12. The first-order valence-corrected chi connectivity index (χ1v) is 7.68. The molecule has 2 radical (unpaired) electrons. The van der Waals surface area contributed by atoms with Gasteiger partial charge >= 0.3 is 0 Å². The molecule has 0 spiro atoms. The van der Waals surface area contributed by atoms with Gasteiger partial charge in [-0.2, -0.15) is 0 Å². The Bertz CT molecular complexity index is 685. The maximum Gasteiger partial charge on any atom is 0.0887 e. The SMILES string of the molecule is C[C@H]([Si]c1ccccc1)c1ccc2c(ccn2C)c1. The Labute approximate surface area is 116 Å². The molecule has 1 nitrogen and oxygen atoms in total. The quantitative estimate of drug-likeness (QED) is 0.639. The zero-order valence-electron chi connectivity index (χ0n) is 11.3. The molecule has 1 atom stereocenters. The largest absolute Gasteiger partial charge is 0.351 e. The Morgan fingerprint density at radius 1 is 1.00 bits per heavy atom. The van der Waals surface area contributed by atoms with Gasteiger partial charge in [0, 0.05) is 18.8 Å². The molecule has 1 aromatic heterocycles. The Hall–Kier alpha value is -1.80. The van der Waals surface area contributed by atoms with E-state index in [4.69, 9.17) is 0 Å². The van der Waals surface area contributed by atoms with E-state index in [1.807, 2.05) is 0 Å². The van der Waals surface area contributed by atoms with Crippen LogP contribution in [0.2, 0.25) is 0 Å². The molecule has 0 N–H and O–H groups in total. The van der Waals surface area contributed by atoms with Gasteiger partial charge in [-0.1, -0.05) is 48.5 Å². The fourth-order valence-corrected chi connectivity index (χ4v) is 3.67. The first-order chi connectivity index (χ1) is 9.24. The number of benzene rings is 2. The monoisotopic (exact) mass is 263 g/mol. The van der Waals surface area contributed by atoms with Crippen LogP contribution in [-0.2, 0) is 7.05 Å². The van der Waals surface area contributed by atoms with Crippen LogP contribution in [0.15, 0.2) is 60.8 Å². The van der Waals surface area contributed by atoms with Crippen molar-refractivity contribution >= 4 is 25.6 Å². The highest BCUT2D eigenvalue weighted by molar-refractivity contribution is 6.54. The van der Waals surface area contributed by atoms with E-state index in [2.05, 4.69) is 79.3 Å². The fourth-order valence-electron chi connectivity index (χ4n) is 2.44. The van der Waals surface area contributed by atoms with Gasteiger partial charge in [-0.15, -0.1) is 0 Å². The van der Waals surface area contributed by atoms with Gasteiger partial charge in [-0.25, -0.2) is 0 Å². The predicted octanol–water partition coefficient (Wildman–Crippen LogP) is 3.27. The van der Waals surface area contributed by atoms with Crippen molar-refractivity contribution in [2.24, 2.45) is 7.05 Å². The maximum atomic E-state index is 2.33. The normalized spacial score (nSPS) is 12.7. The van der Waals surface area contributed by atoms with Gasteiger partial charge in [0.1, 0.15) is 0 Å². The molecule has 0 amide bonds. The summed E-state index contributed by atoms with van der Waals surface area (Å²) in [5.74, 6) is 0. The molecule has 2 heteroatoms. The lowest BCUT2D eigenvalue weighted by atomic mass is 10.1. The van der Waals surface area contributed by atoms with Crippen molar-refractivity contribution in [3.05, 3.63) is 66.4 Å². The number of aromatic nitrogens is 1. The summed E-state index contributed by atoms with van der Waals surface area (Å²) in [5, 5.41) is 2.77. The van der Waals surface area contributed by atoms with Gasteiger partial charge in [-0.05, 0) is 34.7 Å². The molecular weight excluding hydrogens is 246 g/mol. The molecule has 19 heavy (non-hydrogen) atoms. The van der Waals surface area contributed by atoms with E-state index >= 15 is 0 Å². The van der Waals surface area contributed by atoms with Crippen molar-refractivity contribution in [2.45, 2.75) is 12.5 Å². The molecule has 0 unspecified atom stereocenters. The van der Waals surface area contributed by atoms with Crippen molar-refractivity contribution in [1.82, 2.24) is 4.57 Å². The number of fused-ring (bicyclic) bond motifs is 1. The van der Waals surface area contributed by atoms with E-state index in [9.17, 15) is 0 Å². The second-order valence-corrected chi connectivity index (χ2v) is 6.71. The first kappa shape index (κ1) is 12.2. The fraction of sp³-hybridized carbons (Fsp3) is 0.176. The summed E-state index contributed by atoms with van der Waals surface area (Å²) < 4.78 is 2.17. The van der Waals surface area contributed by atoms with Crippen LogP contribution in [0, 0.1) is 0 Å². The minimum absolute atomic E-state index is 0.576. The molecule has 0 aliphatic heterocycles. The van der Waals surface area contributed by atoms with Crippen LogP contribution in [0.3, 0.4) is 0 Å². The van der Waals surface area contributed by atoms with E-state index < -0.39 is 0 Å². The minimum atomic E-state index is 0.576. The van der Waals surface area contributed by atoms with Crippen LogP contribution in [0.5, 0.6) is 0 Å². The van der Waals surface area contributed by atoms with Crippen molar-refractivity contribution in [1.29, 1.82) is 0 Å². The van der Waals surface area contributed by atoms with Crippen LogP contribution in [0.1, 0.15) is 18.0 Å². The van der Waals surface area contributed by atoms with Crippen LogP contribution >= 0.6 is 0 Å². The molecule has 0 bridgehead atoms. The number of hydrogen-bond acceptors (Lipinski definition) is 0. The molecule has 3 rings (SSSR count). The van der Waals surface area contributed by atoms with Gasteiger partial charge in [0.25, 0.3) is 0 Å². The zero-order valence-corrected chi connectivity index (χ0v) is 12.3. The highest BCUT2D eigenvalue weighted by atomic mass is 28.2. The average molecular weight is 263 g/mol. The van der Waals surface area contributed by atoms with Crippen molar-refractivity contribution < 1.29 is 0 Å². The topological polar surface area (TPSA) is 4.93 Å². The third-order valence-corrected chi connectivity index (χ3v) is 5.00. The second kappa shape index (κ2) is 5.06.